The molecule has 0 aromatic rings. The summed E-state index contributed by atoms with van der Waals surface area (Å²) in [7, 11) is -2.90. The van der Waals surface area contributed by atoms with Gasteiger partial charge in [0.15, 0.2) is 12.6 Å². The van der Waals surface area contributed by atoms with E-state index in [1.54, 1.807) is 0 Å². The van der Waals surface area contributed by atoms with Crippen LogP contribution in [0.1, 0.15) is 38.5 Å². The summed E-state index contributed by atoms with van der Waals surface area (Å²) in [5.41, 5.74) is 0. The van der Waals surface area contributed by atoms with Crippen molar-refractivity contribution >= 4 is 7.37 Å². The van der Waals surface area contributed by atoms with Crippen molar-refractivity contribution in [2.24, 2.45) is 0 Å². The summed E-state index contributed by atoms with van der Waals surface area (Å²) in [5, 5.41) is 0. The highest BCUT2D eigenvalue weighted by atomic mass is 31.2. The van der Waals surface area contributed by atoms with Crippen LogP contribution in [0.4, 0.5) is 0 Å². The largest absolute Gasteiger partial charge is 0.337 e. The molecule has 0 spiro atoms. The molecule has 2 aliphatic rings. The zero-order valence-electron chi connectivity index (χ0n) is 10.8. The van der Waals surface area contributed by atoms with Gasteiger partial charge in [0.05, 0.1) is 26.2 Å². The van der Waals surface area contributed by atoms with Crippen molar-refractivity contribution in [3.8, 4) is 0 Å². The molecule has 0 bridgehead atoms. The monoisotopic (exact) mass is 262 g/mol. The molecule has 2 fully saturated rings. The van der Waals surface area contributed by atoms with E-state index in [0.29, 0.717) is 12.6 Å². The Balaban J connectivity index is 1.78. The zero-order valence-corrected chi connectivity index (χ0v) is 11.7. The smallest absolute Gasteiger partial charge is 0.305 e. The first-order valence-corrected chi connectivity index (χ1v) is 9.17. The minimum Gasteiger partial charge on any atom is -0.337 e. The molecule has 100 valence electrons. The van der Waals surface area contributed by atoms with E-state index in [1.165, 1.54) is 48.3 Å². The molecule has 3 N–H and O–H groups in total. The van der Waals surface area contributed by atoms with E-state index in [1.807, 2.05) is 0 Å². The van der Waals surface area contributed by atoms with E-state index in [-0.39, 0.29) is 0 Å². The fourth-order valence-corrected chi connectivity index (χ4v) is 5.32. The summed E-state index contributed by atoms with van der Waals surface area (Å²) in [6.45, 7) is 4.39. The van der Waals surface area contributed by atoms with E-state index in [0.717, 1.165) is 26.2 Å². The van der Waals surface area contributed by atoms with Crippen LogP contribution in [-0.2, 0) is 4.57 Å². The molecule has 0 radical (unpaired) electrons. The van der Waals surface area contributed by atoms with Crippen LogP contribution < -0.4 is 9.80 Å². The Morgan fingerprint density at radius 3 is 1.47 bits per heavy atom. The third-order valence-corrected chi connectivity index (χ3v) is 5.95. The Labute approximate surface area is 104 Å². The van der Waals surface area contributed by atoms with Gasteiger partial charge in [0.1, 0.15) is 0 Å². The maximum atomic E-state index is 12.3. The molecule has 0 aliphatic carbocycles. The van der Waals surface area contributed by atoms with Gasteiger partial charge in [0.25, 0.3) is 0 Å². The van der Waals surface area contributed by atoms with Gasteiger partial charge < -0.3 is 14.7 Å². The van der Waals surface area contributed by atoms with Crippen LogP contribution in [0.15, 0.2) is 0 Å². The topological polar surface area (TPSA) is 46.2 Å². The molecular formula is C12H27N2O2P+2. The molecule has 2 rings (SSSR count). The zero-order chi connectivity index (χ0) is 12.1. The average molecular weight is 262 g/mol. The Kier molecular flexibility index (Phi) is 5.04. The molecule has 2 aliphatic heterocycles. The highest BCUT2D eigenvalue weighted by Crippen LogP contribution is 2.35. The maximum absolute atomic E-state index is 12.3. The summed E-state index contributed by atoms with van der Waals surface area (Å²) in [4.78, 5) is 12.9. The average Bonchev–Trinajstić information content (AvgIpc) is 2.30. The van der Waals surface area contributed by atoms with Gasteiger partial charge in [-0.2, -0.15) is 0 Å². The molecule has 0 unspecified atom stereocenters. The first kappa shape index (κ1) is 13.5. The molecule has 2 heterocycles. The van der Waals surface area contributed by atoms with Gasteiger partial charge >= 0.3 is 7.37 Å². The van der Waals surface area contributed by atoms with E-state index in [9.17, 15) is 9.46 Å². The second-order valence-electron chi connectivity index (χ2n) is 5.78. The van der Waals surface area contributed by atoms with Crippen LogP contribution in [0.3, 0.4) is 0 Å². The SMILES string of the molecule is O=P(O)(C[NH+]1CCCCC1)C[NH+]1CCCCC1. The van der Waals surface area contributed by atoms with Gasteiger partial charge in [-0.25, -0.2) is 0 Å². The van der Waals surface area contributed by atoms with E-state index < -0.39 is 7.37 Å². The van der Waals surface area contributed by atoms with E-state index >= 15 is 0 Å². The maximum Gasteiger partial charge on any atom is 0.305 e. The number of rotatable bonds is 4. The van der Waals surface area contributed by atoms with Gasteiger partial charge in [-0.05, 0) is 38.5 Å². The van der Waals surface area contributed by atoms with Crippen LogP contribution >= 0.6 is 7.37 Å². The van der Waals surface area contributed by atoms with Crippen molar-refractivity contribution in [1.82, 2.24) is 0 Å². The predicted molar refractivity (Wildman–Crippen MR) is 68.7 cm³/mol. The van der Waals surface area contributed by atoms with Crippen molar-refractivity contribution < 1.29 is 19.3 Å². The lowest BCUT2D eigenvalue weighted by Gasteiger charge is -2.28. The number of quaternary nitrogens is 2. The molecule has 0 atom stereocenters. The fourth-order valence-electron chi connectivity index (χ4n) is 3.17. The Morgan fingerprint density at radius 2 is 1.12 bits per heavy atom. The number of likely N-dealkylation sites (tertiary alicyclic amines) is 2. The highest BCUT2D eigenvalue weighted by Gasteiger charge is 2.32. The fraction of sp³-hybridized carbons (Fsp3) is 1.00. The first-order chi connectivity index (χ1) is 8.16. The van der Waals surface area contributed by atoms with E-state index in [2.05, 4.69) is 0 Å². The minimum atomic E-state index is -2.90. The number of nitrogens with one attached hydrogen (secondary N) is 2. The van der Waals surface area contributed by atoms with Gasteiger partial charge in [-0.3, -0.25) is 4.57 Å². The van der Waals surface area contributed by atoms with Gasteiger partial charge in [0.2, 0.25) is 0 Å². The molecule has 0 amide bonds. The second kappa shape index (κ2) is 6.33. The summed E-state index contributed by atoms with van der Waals surface area (Å²) in [6.07, 6.45) is 8.54. The second-order valence-corrected chi connectivity index (χ2v) is 8.11. The minimum absolute atomic E-state index is 0.510. The van der Waals surface area contributed by atoms with E-state index in [4.69, 9.17) is 0 Å². The predicted octanol–water partition coefficient (Wildman–Crippen LogP) is -0.691. The van der Waals surface area contributed by atoms with Crippen LogP contribution in [0.5, 0.6) is 0 Å². The normalized spacial score (nSPS) is 25.0. The molecule has 2 saturated heterocycles. The Morgan fingerprint density at radius 1 is 0.765 bits per heavy atom. The van der Waals surface area contributed by atoms with Crippen LogP contribution in [-0.4, -0.2) is 43.6 Å². The van der Waals surface area contributed by atoms with Gasteiger partial charge in [-0.15, -0.1) is 0 Å². The lowest BCUT2D eigenvalue weighted by molar-refractivity contribution is -0.902. The Hall–Kier alpha value is 0.110. The molecule has 5 heteroatoms. The molecule has 0 saturated carbocycles. The first-order valence-electron chi connectivity index (χ1n) is 7.14. The van der Waals surface area contributed by atoms with Crippen LogP contribution in [0, 0.1) is 0 Å². The van der Waals surface area contributed by atoms with Gasteiger partial charge in [0, 0.05) is 0 Å². The van der Waals surface area contributed by atoms with Crippen LogP contribution in [0.25, 0.3) is 0 Å². The van der Waals surface area contributed by atoms with Crippen molar-refractivity contribution in [2.45, 2.75) is 38.5 Å². The molecule has 17 heavy (non-hydrogen) atoms. The van der Waals surface area contributed by atoms with Crippen molar-refractivity contribution in [3.63, 3.8) is 0 Å². The summed E-state index contributed by atoms with van der Waals surface area (Å²) < 4.78 is 12.3. The Bertz CT molecular complexity index is 250. The van der Waals surface area contributed by atoms with Crippen LogP contribution in [0.2, 0.25) is 0 Å². The lowest BCUT2D eigenvalue weighted by Crippen LogP contribution is -3.15. The lowest BCUT2D eigenvalue weighted by atomic mass is 10.1. The summed E-state index contributed by atoms with van der Waals surface area (Å²) in [6, 6.07) is 0. The highest BCUT2D eigenvalue weighted by molar-refractivity contribution is 7.57. The molecule has 0 aromatic carbocycles. The quantitative estimate of drug-likeness (QED) is 0.587. The third-order valence-electron chi connectivity index (χ3n) is 4.06. The number of hydrogen-bond donors (Lipinski definition) is 3. The van der Waals surface area contributed by atoms with Crippen molar-refractivity contribution in [2.75, 3.05) is 38.8 Å². The van der Waals surface area contributed by atoms with Crippen molar-refractivity contribution in [1.29, 1.82) is 0 Å². The van der Waals surface area contributed by atoms with Crippen molar-refractivity contribution in [3.05, 3.63) is 0 Å². The molecular weight excluding hydrogens is 235 g/mol. The number of hydrogen-bond acceptors (Lipinski definition) is 1. The number of piperidine rings is 2. The third kappa shape index (κ3) is 4.70. The molecule has 0 aromatic heterocycles. The van der Waals surface area contributed by atoms with Gasteiger partial charge in [-0.1, -0.05) is 0 Å². The summed E-state index contributed by atoms with van der Waals surface area (Å²) >= 11 is 0. The standard InChI is InChI=1S/C12H25N2O2P/c15-17(16,11-13-7-3-1-4-8-13)12-14-9-5-2-6-10-14/h1-12H2,(H,15,16)/p+2. The molecule has 4 nitrogen and oxygen atoms in total. The summed E-state index contributed by atoms with van der Waals surface area (Å²) in [5.74, 6) is 0.